The van der Waals surface area contributed by atoms with Gasteiger partial charge in [0.25, 0.3) is 0 Å². The van der Waals surface area contributed by atoms with Crippen molar-refractivity contribution in [3.8, 4) is 5.75 Å². The van der Waals surface area contributed by atoms with Crippen molar-refractivity contribution in [1.29, 1.82) is 0 Å². The summed E-state index contributed by atoms with van der Waals surface area (Å²) in [5, 5.41) is 6.10. The topological polar surface area (TPSA) is 50.4 Å². The number of ether oxygens (including phenoxy) is 1. The summed E-state index contributed by atoms with van der Waals surface area (Å²) in [6.07, 6.45) is 0.954. The van der Waals surface area contributed by atoms with Crippen molar-refractivity contribution >= 4 is 5.91 Å². The maximum absolute atomic E-state index is 11.7. The molecule has 0 aliphatic heterocycles. The van der Waals surface area contributed by atoms with E-state index in [-0.39, 0.29) is 11.9 Å². The van der Waals surface area contributed by atoms with Gasteiger partial charge in [0.1, 0.15) is 5.75 Å². The summed E-state index contributed by atoms with van der Waals surface area (Å²) < 4.78 is 5.22. The van der Waals surface area contributed by atoms with Gasteiger partial charge >= 0.3 is 0 Å². The molecule has 106 valence electrons. The third-order valence-corrected chi connectivity index (χ3v) is 3.01. The summed E-state index contributed by atoms with van der Waals surface area (Å²) in [6, 6.07) is 5.85. The second kappa shape index (κ2) is 7.79. The average molecular weight is 264 g/mol. The number of rotatable bonds is 7. The highest BCUT2D eigenvalue weighted by molar-refractivity contribution is 5.81. The normalized spacial score (nSPS) is 12.0. The minimum absolute atomic E-state index is 0.0482. The van der Waals surface area contributed by atoms with E-state index in [0.717, 1.165) is 29.8 Å². The first-order valence-electron chi connectivity index (χ1n) is 6.73. The van der Waals surface area contributed by atoms with E-state index >= 15 is 0 Å². The Kier molecular flexibility index (Phi) is 6.36. The molecule has 0 bridgehead atoms. The van der Waals surface area contributed by atoms with Gasteiger partial charge < -0.3 is 15.4 Å². The highest BCUT2D eigenvalue weighted by atomic mass is 16.5. The number of carbonyl (C=O) groups is 1. The van der Waals surface area contributed by atoms with Crippen molar-refractivity contribution in [2.24, 2.45) is 0 Å². The molecule has 0 heterocycles. The van der Waals surface area contributed by atoms with E-state index in [4.69, 9.17) is 4.74 Å². The van der Waals surface area contributed by atoms with Crippen LogP contribution in [0, 0.1) is 6.92 Å². The Balaban J connectivity index is 2.48. The van der Waals surface area contributed by atoms with Crippen LogP contribution in [0.2, 0.25) is 0 Å². The predicted molar refractivity (Wildman–Crippen MR) is 77.3 cm³/mol. The molecule has 0 saturated carbocycles. The Bertz CT molecular complexity index is 419. The molecule has 4 nitrogen and oxygen atoms in total. The Labute approximate surface area is 115 Å². The third kappa shape index (κ3) is 4.91. The second-order valence-corrected chi connectivity index (χ2v) is 4.70. The summed E-state index contributed by atoms with van der Waals surface area (Å²) in [4.78, 5) is 11.7. The first-order chi connectivity index (χ1) is 9.08. The third-order valence-electron chi connectivity index (χ3n) is 3.01. The van der Waals surface area contributed by atoms with Crippen molar-refractivity contribution < 1.29 is 9.53 Å². The lowest BCUT2D eigenvalue weighted by molar-refractivity contribution is -0.122. The maximum Gasteiger partial charge on any atom is 0.236 e. The van der Waals surface area contributed by atoms with Gasteiger partial charge in [0, 0.05) is 13.1 Å². The van der Waals surface area contributed by atoms with Gasteiger partial charge in [-0.1, -0.05) is 19.1 Å². The van der Waals surface area contributed by atoms with Gasteiger partial charge in [-0.15, -0.1) is 0 Å². The van der Waals surface area contributed by atoms with Crippen LogP contribution in [0.1, 0.15) is 31.4 Å². The molecule has 0 aliphatic rings. The number of hydrogen-bond donors (Lipinski definition) is 2. The molecule has 1 unspecified atom stereocenters. The number of methoxy groups -OCH3 is 1. The van der Waals surface area contributed by atoms with E-state index in [1.165, 1.54) is 0 Å². The Morgan fingerprint density at radius 1 is 1.42 bits per heavy atom. The lowest BCUT2D eigenvalue weighted by Crippen LogP contribution is -2.42. The van der Waals surface area contributed by atoms with Crippen molar-refractivity contribution in [3.63, 3.8) is 0 Å². The van der Waals surface area contributed by atoms with Crippen LogP contribution in [0.25, 0.3) is 0 Å². The molecule has 0 aromatic heterocycles. The molecule has 2 N–H and O–H groups in total. The number of benzene rings is 1. The van der Waals surface area contributed by atoms with Crippen LogP contribution in [-0.2, 0) is 11.3 Å². The van der Waals surface area contributed by atoms with Crippen molar-refractivity contribution in [2.45, 2.75) is 39.8 Å². The standard InChI is InChI=1S/C15H24N2O2/c1-5-8-16-15(18)12(3)17-10-13-6-7-14(19-4)11(2)9-13/h6-7,9,12,17H,5,8,10H2,1-4H3,(H,16,18). The number of amides is 1. The summed E-state index contributed by atoms with van der Waals surface area (Å²) in [6.45, 7) is 7.33. The monoisotopic (exact) mass is 264 g/mol. The summed E-state index contributed by atoms with van der Waals surface area (Å²) in [7, 11) is 1.67. The van der Waals surface area contributed by atoms with Crippen molar-refractivity contribution in [1.82, 2.24) is 10.6 Å². The average Bonchev–Trinajstić information content (AvgIpc) is 2.42. The quantitative estimate of drug-likeness (QED) is 0.792. The molecule has 4 heteroatoms. The molecule has 0 radical (unpaired) electrons. The fraction of sp³-hybridized carbons (Fsp3) is 0.533. The number of hydrogen-bond acceptors (Lipinski definition) is 3. The van der Waals surface area contributed by atoms with E-state index in [2.05, 4.69) is 16.7 Å². The number of nitrogens with one attached hydrogen (secondary N) is 2. The van der Waals surface area contributed by atoms with E-state index in [0.29, 0.717) is 6.54 Å². The molecule has 1 amide bonds. The zero-order valence-electron chi connectivity index (χ0n) is 12.2. The van der Waals surface area contributed by atoms with Crippen LogP contribution >= 0.6 is 0 Å². The first kappa shape index (κ1) is 15.5. The van der Waals surface area contributed by atoms with Gasteiger partial charge in [0.15, 0.2) is 0 Å². The van der Waals surface area contributed by atoms with Gasteiger partial charge in [-0.25, -0.2) is 0 Å². The molecular formula is C15H24N2O2. The van der Waals surface area contributed by atoms with E-state index in [9.17, 15) is 4.79 Å². The fourth-order valence-electron chi connectivity index (χ4n) is 1.82. The molecule has 1 aromatic carbocycles. The van der Waals surface area contributed by atoms with Gasteiger partial charge in [-0.2, -0.15) is 0 Å². The van der Waals surface area contributed by atoms with Gasteiger partial charge in [-0.3, -0.25) is 4.79 Å². The number of aryl methyl sites for hydroxylation is 1. The van der Waals surface area contributed by atoms with Crippen LogP contribution < -0.4 is 15.4 Å². The van der Waals surface area contributed by atoms with Crippen molar-refractivity contribution in [2.75, 3.05) is 13.7 Å². The molecule has 0 saturated heterocycles. The predicted octanol–water partition coefficient (Wildman–Crippen LogP) is 2.01. The number of carbonyl (C=O) groups excluding carboxylic acids is 1. The SMILES string of the molecule is CCCNC(=O)C(C)NCc1ccc(OC)c(C)c1. The van der Waals surface area contributed by atoms with E-state index in [1.807, 2.05) is 32.9 Å². The zero-order valence-corrected chi connectivity index (χ0v) is 12.2. The highest BCUT2D eigenvalue weighted by Gasteiger charge is 2.11. The molecule has 1 aromatic rings. The minimum Gasteiger partial charge on any atom is -0.496 e. The summed E-state index contributed by atoms with van der Waals surface area (Å²) in [5.41, 5.74) is 2.25. The maximum atomic E-state index is 11.7. The molecule has 19 heavy (non-hydrogen) atoms. The van der Waals surface area contributed by atoms with Crippen LogP contribution in [0.5, 0.6) is 5.75 Å². The van der Waals surface area contributed by atoms with Gasteiger partial charge in [0.05, 0.1) is 13.2 Å². The van der Waals surface area contributed by atoms with Crippen molar-refractivity contribution in [3.05, 3.63) is 29.3 Å². The minimum atomic E-state index is -0.186. The van der Waals surface area contributed by atoms with E-state index < -0.39 is 0 Å². The van der Waals surface area contributed by atoms with Crippen LogP contribution in [0.4, 0.5) is 0 Å². The molecule has 1 atom stereocenters. The highest BCUT2D eigenvalue weighted by Crippen LogP contribution is 2.18. The van der Waals surface area contributed by atoms with E-state index in [1.54, 1.807) is 7.11 Å². The fourth-order valence-corrected chi connectivity index (χ4v) is 1.82. The Morgan fingerprint density at radius 2 is 2.16 bits per heavy atom. The molecule has 1 rings (SSSR count). The zero-order chi connectivity index (χ0) is 14.3. The molecular weight excluding hydrogens is 240 g/mol. The lowest BCUT2D eigenvalue weighted by atomic mass is 10.1. The van der Waals surface area contributed by atoms with Crippen LogP contribution in [-0.4, -0.2) is 25.6 Å². The molecule has 0 fully saturated rings. The second-order valence-electron chi connectivity index (χ2n) is 4.70. The summed E-state index contributed by atoms with van der Waals surface area (Å²) in [5.74, 6) is 0.935. The largest absolute Gasteiger partial charge is 0.496 e. The van der Waals surface area contributed by atoms with Crippen LogP contribution in [0.15, 0.2) is 18.2 Å². The molecule has 0 aliphatic carbocycles. The van der Waals surface area contributed by atoms with Crippen LogP contribution in [0.3, 0.4) is 0 Å². The first-order valence-corrected chi connectivity index (χ1v) is 6.73. The smallest absolute Gasteiger partial charge is 0.236 e. The Morgan fingerprint density at radius 3 is 2.74 bits per heavy atom. The summed E-state index contributed by atoms with van der Waals surface area (Å²) >= 11 is 0. The Hall–Kier alpha value is -1.55. The van der Waals surface area contributed by atoms with Gasteiger partial charge in [-0.05, 0) is 37.5 Å². The lowest BCUT2D eigenvalue weighted by Gasteiger charge is -2.14. The van der Waals surface area contributed by atoms with Gasteiger partial charge in [0.2, 0.25) is 5.91 Å². The molecule has 0 spiro atoms.